The van der Waals surface area contributed by atoms with Gasteiger partial charge in [0, 0.05) is 22.9 Å². The summed E-state index contributed by atoms with van der Waals surface area (Å²) in [6, 6.07) is 33.4. The Morgan fingerprint density at radius 1 is 0.628 bits per heavy atom. The molecule has 0 amide bonds. The van der Waals surface area contributed by atoms with E-state index in [2.05, 4.69) is 73.4 Å². The van der Waals surface area contributed by atoms with Crippen molar-refractivity contribution in [1.82, 2.24) is 19.9 Å². The lowest BCUT2D eigenvalue weighted by Gasteiger charge is -2.50. The maximum Gasteiger partial charge on any atom is 0.165 e. The molecule has 0 spiro atoms. The molecule has 0 saturated heterocycles. The zero-order chi connectivity index (χ0) is 29.4. The third-order valence-electron chi connectivity index (χ3n) is 9.38. The van der Waals surface area contributed by atoms with Crippen LogP contribution in [-0.2, 0) is 5.41 Å². The Morgan fingerprint density at radius 2 is 1.23 bits per heavy atom. The van der Waals surface area contributed by atoms with E-state index in [4.69, 9.17) is 15.0 Å². The van der Waals surface area contributed by atoms with E-state index in [1.165, 1.54) is 43.2 Å². The second kappa shape index (κ2) is 11.2. The van der Waals surface area contributed by atoms with Gasteiger partial charge in [0.2, 0.25) is 0 Å². The van der Waals surface area contributed by atoms with E-state index in [-0.39, 0.29) is 0 Å². The van der Waals surface area contributed by atoms with Crippen LogP contribution in [0.2, 0.25) is 0 Å². The minimum Gasteiger partial charge on any atom is -0.245 e. The van der Waals surface area contributed by atoms with Crippen molar-refractivity contribution in [1.29, 1.82) is 5.26 Å². The summed E-state index contributed by atoms with van der Waals surface area (Å²) in [7, 11) is 0. The molecule has 2 bridgehead atoms. The summed E-state index contributed by atoms with van der Waals surface area (Å²) in [6.07, 6.45) is 8.39. The first kappa shape index (κ1) is 27.2. The van der Waals surface area contributed by atoms with Crippen LogP contribution < -0.4 is 0 Å². The molecule has 4 atom stereocenters. The smallest absolute Gasteiger partial charge is 0.165 e. The molecule has 212 valence electrons. The van der Waals surface area contributed by atoms with Crippen molar-refractivity contribution in [3.63, 3.8) is 0 Å². The Balaban J connectivity index is 1.24. The van der Waals surface area contributed by atoms with Gasteiger partial charge >= 0.3 is 0 Å². The largest absolute Gasteiger partial charge is 0.245 e. The van der Waals surface area contributed by atoms with Gasteiger partial charge in [-0.1, -0.05) is 86.6 Å². The maximum atomic E-state index is 9.19. The number of fused-ring (bicyclic) bond motifs is 2. The van der Waals surface area contributed by atoms with Gasteiger partial charge in [0.1, 0.15) is 11.8 Å². The molecule has 2 aromatic heterocycles. The van der Waals surface area contributed by atoms with Crippen LogP contribution in [0.1, 0.15) is 57.2 Å². The monoisotopic (exact) mass is 561 g/mol. The fourth-order valence-corrected chi connectivity index (χ4v) is 7.85. The average molecular weight is 562 g/mol. The van der Waals surface area contributed by atoms with Crippen molar-refractivity contribution >= 4 is 0 Å². The van der Waals surface area contributed by atoms with Crippen molar-refractivity contribution in [2.75, 3.05) is 0 Å². The van der Waals surface area contributed by atoms with Crippen LogP contribution in [0, 0.1) is 29.1 Å². The first-order valence-electron chi connectivity index (χ1n) is 15.4. The van der Waals surface area contributed by atoms with Gasteiger partial charge in [0.05, 0.1) is 0 Å². The third kappa shape index (κ3) is 5.46. The zero-order valence-corrected chi connectivity index (χ0v) is 24.7. The SMILES string of the molecule is C[C@@H]1CC2C[C@H](C)CC(c3ccc(-c4cccc(-c5nc(-c6ccccc6)nc(-c6ccc(C#N)nc6)n5)c4)cc3)(C2)C1. The third-order valence-corrected chi connectivity index (χ3v) is 9.38. The molecular weight excluding hydrogens is 526 g/mol. The molecule has 2 saturated carbocycles. The van der Waals surface area contributed by atoms with Crippen molar-refractivity contribution in [3.05, 3.63) is 108 Å². The second-order valence-electron chi connectivity index (χ2n) is 12.8. The van der Waals surface area contributed by atoms with Crippen molar-refractivity contribution in [2.24, 2.45) is 17.8 Å². The quantitative estimate of drug-likeness (QED) is 0.214. The minimum atomic E-state index is 0.329. The highest BCUT2D eigenvalue weighted by atomic mass is 15.0. The fraction of sp³-hybridized carbons (Fsp3) is 0.289. The van der Waals surface area contributed by atoms with Gasteiger partial charge in [-0.25, -0.2) is 19.9 Å². The maximum absolute atomic E-state index is 9.19. The number of nitriles is 1. The van der Waals surface area contributed by atoms with Crippen molar-refractivity contribution in [2.45, 2.75) is 51.4 Å². The van der Waals surface area contributed by atoms with Gasteiger partial charge in [0.25, 0.3) is 0 Å². The van der Waals surface area contributed by atoms with Crippen LogP contribution in [0.25, 0.3) is 45.3 Å². The van der Waals surface area contributed by atoms with Crippen molar-refractivity contribution in [3.8, 4) is 51.4 Å². The van der Waals surface area contributed by atoms with E-state index in [9.17, 15) is 5.26 Å². The molecule has 0 N–H and O–H groups in total. The zero-order valence-electron chi connectivity index (χ0n) is 24.7. The molecule has 2 heterocycles. The number of hydrogen-bond acceptors (Lipinski definition) is 5. The Bertz CT molecular complexity index is 1770. The topological polar surface area (TPSA) is 75.3 Å². The molecular formula is C38H35N5. The lowest BCUT2D eigenvalue weighted by atomic mass is 9.54. The summed E-state index contributed by atoms with van der Waals surface area (Å²) in [6.45, 7) is 4.90. The summed E-state index contributed by atoms with van der Waals surface area (Å²) in [4.78, 5) is 18.8. The number of nitrogens with zero attached hydrogens (tertiary/aromatic N) is 5. The second-order valence-corrected chi connectivity index (χ2v) is 12.8. The lowest BCUT2D eigenvalue weighted by Crippen LogP contribution is -2.42. The predicted molar refractivity (Wildman–Crippen MR) is 171 cm³/mol. The number of benzene rings is 3. The highest BCUT2D eigenvalue weighted by Gasteiger charge is 2.45. The lowest BCUT2D eigenvalue weighted by molar-refractivity contribution is 0.0780. The average Bonchev–Trinajstić information content (AvgIpc) is 3.04. The van der Waals surface area contributed by atoms with Crippen LogP contribution in [-0.4, -0.2) is 19.9 Å². The Morgan fingerprint density at radius 3 is 1.88 bits per heavy atom. The normalized spacial score (nSPS) is 23.0. The minimum absolute atomic E-state index is 0.329. The van der Waals surface area contributed by atoms with Gasteiger partial charge in [-0.2, -0.15) is 5.26 Å². The molecule has 2 aliphatic carbocycles. The molecule has 2 unspecified atom stereocenters. The predicted octanol–water partition coefficient (Wildman–Crippen LogP) is 8.91. The van der Waals surface area contributed by atoms with Gasteiger partial charge in [-0.05, 0) is 90.2 Å². The summed E-state index contributed by atoms with van der Waals surface area (Å²) in [5.74, 6) is 4.19. The van der Waals surface area contributed by atoms with Gasteiger partial charge in [-0.15, -0.1) is 0 Å². The fourth-order valence-electron chi connectivity index (χ4n) is 7.85. The van der Waals surface area contributed by atoms with E-state index in [0.717, 1.165) is 40.0 Å². The first-order chi connectivity index (χ1) is 21.0. The molecule has 3 aromatic carbocycles. The number of pyridine rings is 1. The highest BCUT2D eigenvalue weighted by Crippen LogP contribution is 2.54. The van der Waals surface area contributed by atoms with Crippen LogP contribution in [0.4, 0.5) is 0 Å². The number of hydrogen-bond donors (Lipinski definition) is 0. The van der Waals surface area contributed by atoms with E-state index in [1.807, 2.05) is 36.4 Å². The molecule has 2 aliphatic rings. The summed E-state index contributed by atoms with van der Waals surface area (Å²) in [5, 5.41) is 9.19. The Labute approximate surface area is 253 Å². The van der Waals surface area contributed by atoms with Crippen molar-refractivity contribution < 1.29 is 0 Å². The van der Waals surface area contributed by atoms with E-state index in [0.29, 0.717) is 28.6 Å². The standard InChI is InChI=1S/C38H35N5/c1-25-17-27-18-26(2)21-38(20-25,22-27)33-14-11-28(12-15-33)30-9-6-10-31(19-30)36-41-35(29-7-4-3-5-8-29)42-37(43-36)32-13-16-34(23-39)40-24-32/h3-16,19,24-27H,17-18,20-22H2,1-2H3/t25-,26+,27?,38?. The molecule has 5 nitrogen and oxygen atoms in total. The van der Waals surface area contributed by atoms with E-state index >= 15 is 0 Å². The van der Waals surface area contributed by atoms with Crippen LogP contribution in [0.5, 0.6) is 0 Å². The molecule has 0 aliphatic heterocycles. The Kier molecular flexibility index (Phi) is 7.07. The Hall–Kier alpha value is -4.69. The molecule has 5 aromatic rings. The molecule has 43 heavy (non-hydrogen) atoms. The van der Waals surface area contributed by atoms with Gasteiger partial charge in [-0.3, -0.25) is 0 Å². The van der Waals surface area contributed by atoms with Crippen LogP contribution >= 0.6 is 0 Å². The van der Waals surface area contributed by atoms with E-state index < -0.39 is 0 Å². The molecule has 7 rings (SSSR count). The number of rotatable bonds is 5. The van der Waals surface area contributed by atoms with E-state index in [1.54, 1.807) is 12.3 Å². The molecule has 2 fully saturated rings. The van der Waals surface area contributed by atoms with Gasteiger partial charge < -0.3 is 0 Å². The summed E-state index contributed by atoms with van der Waals surface area (Å²) < 4.78 is 0. The molecule has 5 heteroatoms. The van der Waals surface area contributed by atoms with Crippen LogP contribution in [0.15, 0.2) is 97.2 Å². The summed E-state index contributed by atoms with van der Waals surface area (Å²) in [5.41, 5.74) is 7.11. The summed E-state index contributed by atoms with van der Waals surface area (Å²) >= 11 is 0. The first-order valence-corrected chi connectivity index (χ1v) is 15.4. The molecule has 0 radical (unpaired) electrons. The number of aromatic nitrogens is 4. The van der Waals surface area contributed by atoms with Gasteiger partial charge in [0.15, 0.2) is 17.5 Å². The highest BCUT2D eigenvalue weighted by molar-refractivity contribution is 5.72. The van der Waals surface area contributed by atoms with Crippen LogP contribution in [0.3, 0.4) is 0 Å².